The Morgan fingerprint density at radius 3 is 2.67 bits per heavy atom. The number of rotatable bonds is 8. The molecule has 0 aromatic carbocycles. The predicted octanol–water partition coefficient (Wildman–Crippen LogP) is -0.0186. The van der Waals surface area contributed by atoms with Crippen LogP contribution in [0.5, 0.6) is 0 Å². The number of hydrogen-bond acceptors (Lipinski definition) is 3. The average Bonchev–Trinajstić information content (AvgIpc) is 2.95. The van der Waals surface area contributed by atoms with Crippen LogP contribution in [0.25, 0.3) is 0 Å². The summed E-state index contributed by atoms with van der Waals surface area (Å²) in [7, 11) is -3.29. The maximum atomic E-state index is 11.3. The van der Waals surface area contributed by atoms with Gasteiger partial charge < -0.3 is 5.11 Å². The molecule has 0 amide bonds. The molecule has 90 valence electrons. The van der Waals surface area contributed by atoms with E-state index in [1.54, 1.807) is 0 Å². The maximum Gasteiger partial charge on any atom is 0.277 e. The Labute approximate surface area is 91.4 Å². The molecule has 15 heavy (non-hydrogen) atoms. The fraction of sp³-hybridized carbons (Fsp3) is 1.00. The molecule has 1 aliphatic carbocycles. The van der Waals surface area contributed by atoms with Crippen molar-refractivity contribution >= 4 is 10.2 Å². The Morgan fingerprint density at radius 1 is 1.47 bits per heavy atom. The SMILES string of the molecule is CC(CO)CCCNS(=O)(=O)NC1CC1. The van der Waals surface area contributed by atoms with Crippen LogP contribution in [-0.4, -0.2) is 32.7 Å². The lowest BCUT2D eigenvalue weighted by Gasteiger charge is -2.09. The van der Waals surface area contributed by atoms with Gasteiger partial charge >= 0.3 is 0 Å². The minimum atomic E-state index is -3.29. The summed E-state index contributed by atoms with van der Waals surface area (Å²) in [6.45, 7) is 2.54. The highest BCUT2D eigenvalue weighted by Crippen LogP contribution is 2.19. The molecule has 0 aromatic rings. The number of nitrogens with one attached hydrogen (secondary N) is 2. The molecule has 6 heteroatoms. The predicted molar refractivity (Wildman–Crippen MR) is 58.6 cm³/mol. The lowest BCUT2D eigenvalue weighted by Crippen LogP contribution is -2.38. The highest BCUT2D eigenvalue weighted by atomic mass is 32.2. The van der Waals surface area contributed by atoms with Crippen molar-refractivity contribution in [2.45, 2.75) is 38.6 Å². The topological polar surface area (TPSA) is 78.4 Å². The fourth-order valence-corrected chi connectivity index (χ4v) is 2.38. The maximum absolute atomic E-state index is 11.3. The van der Waals surface area contributed by atoms with E-state index in [9.17, 15) is 8.42 Å². The van der Waals surface area contributed by atoms with Crippen molar-refractivity contribution < 1.29 is 13.5 Å². The summed E-state index contributed by atoms with van der Waals surface area (Å²) in [5.41, 5.74) is 0. The first-order valence-corrected chi connectivity index (χ1v) is 6.89. The van der Waals surface area contributed by atoms with Crippen LogP contribution in [0.3, 0.4) is 0 Å². The lowest BCUT2D eigenvalue weighted by atomic mass is 10.1. The summed E-state index contributed by atoms with van der Waals surface area (Å²) in [6, 6.07) is 0.152. The highest BCUT2D eigenvalue weighted by Gasteiger charge is 2.26. The van der Waals surface area contributed by atoms with E-state index in [2.05, 4.69) is 9.44 Å². The van der Waals surface area contributed by atoms with Crippen molar-refractivity contribution in [2.24, 2.45) is 5.92 Å². The van der Waals surface area contributed by atoms with Crippen LogP contribution in [-0.2, 0) is 10.2 Å². The van der Waals surface area contributed by atoms with Crippen LogP contribution in [0.1, 0.15) is 32.6 Å². The second kappa shape index (κ2) is 5.79. The minimum Gasteiger partial charge on any atom is -0.396 e. The molecule has 0 saturated heterocycles. The fourth-order valence-electron chi connectivity index (χ4n) is 1.21. The lowest BCUT2D eigenvalue weighted by molar-refractivity contribution is 0.228. The quantitative estimate of drug-likeness (QED) is 0.518. The third-order valence-electron chi connectivity index (χ3n) is 2.38. The number of hydrogen-bond donors (Lipinski definition) is 3. The first kappa shape index (κ1) is 12.9. The molecule has 3 N–H and O–H groups in total. The van der Waals surface area contributed by atoms with E-state index in [4.69, 9.17) is 5.11 Å². The second-order valence-electron chi connectivity index (χ2n) is 4.22. The van der Waals surface area contributed by atoms with Crippen LogP contribution in [0.4, 0.5) is 0 Å². The van der Waals surface area contributed by atoms with E-state index in [1.165, 1.54) is 0 Å². The van der Waals surface area contributed by atoms with Gasteiger partial charge in [0, 0.05) is 19.2 Å². The van der Waals surface area contributed by atoms with E-state index in [-0.39, 0.29) is 18.6 Å². The van der Waals surface area contributed by atoms with Crippen molar-refractivity contribution in [2.75, 3.05) is 13.2 Å². The van der Waals surface area contributed by atoms with Gasteiger partial charge in [-0.1, -0.05) is 6.92 Å². The molecular weight excluding hydrogens is 216 g/mol. The first-order valence-electron chi connectivity index (χ1n) is 5.41. The monoisotopic (exact) mass is 236 g/mol. The first-order chi connectivity index (χ1) is 7.03. The summed E-state index contributed by atoms with van der Waals surface area (Å²) >= 11 is 0. The molecule has 1 fully saturated rings. The van der Waals surface area contributed by atoms with Crippen molar-refractivity contribution in [3.05, 3.63) is 0 Å². The molecule has 0 aromatic heterocycles. The minimum absolute atomic E-state index is 0.152. The van der Waals surface area contributed by atoms with Crippen molar-refractivity contribution in [1.82, 2.24) is 9.44 Å². The molecule has 1 saturated carbocycles. The van der Waals surface area contributed by atoms with E-state index >= 15 is 0 Å². The third-order valence-corrected chi connectivity index (χ3v) is 3.60. The standard InChI is InChI=1S/C9H20N2O3S/c1-8(7-12)3-2-6-10-15(13,14)11-9-4-5-9/h8-12H,2-7H2,1H3. The molecule has 0 bridgehead atoms. The molecule has 1 unspecified atom stereocenters. The molecule has 0 heterocycles. The van der Waals surface area contributed by atoms with Crippen LogP contribution in [0.15, 0.2) is 0 Å². The van der Waals surface area contributed by atoms with Crippen LogP contribution >= 0.6 is 0 Å². The van der Waals surface area contributed by atoms with Crippen LogP contribution in [0, 0.1) is 5.92 Å². The molecule has 1 rings (SSSR count). The third kappa shape index (κ3) is 6.09. The molecule has 0 aliphatic heterocycles. The van der Waals surface area contributed by atoms with Gasteiger partial charge in [0.1, 0.15) is 0 Å². The molecule has 0 radical (unpaired) electrons. The van der Waals surface area contributed by atoms with Gasteiger partial charge in [0.15, 0.2) is 0 Å². The van der Waals surface area contributed by atoms with E-state index in [1.807, 2.05) is 6.92 Å². The number of aliphatic hydroxyl groups is 1. The Balaban J connectivity index is 2.07. The van der Waals surface area contributed by atoms with Gasteiger partial charge in [-0.15, -0.1) is 0 Å². The Kier molecular flexibility index (Phi) is 4.98. The van der Waals surface area contributed by atoms with Crippen molar-refractivity contribution in [3.63, 3.8) is 0 Å². The summed E-state index contributed by atoms with van der Waals surface area (Å²) in [5.74, 6) is 0.242. The van der Waals surface area contributed by atoms with Gasteiger partial charge in [0.2, 0.25) is 0 Å². The Bertz CT molecular complexity index is 275. The zero-order valence-corrected chi connectivity index (χ0v) is 9.89. The van der Waals surface area contributed by atoms with Gasteiger partial charge in [0.05, 0.1) is 0 Å². The summed E-state index contributed by atoms with van der Waals surface area (Å²) in [4.78, 5) is 0. The van der Waals surface area contributed by atoms with Crippen LogP contribution < -0.4 is 9.44 Å². The smallest absolute Gasteiger partial charge is 0.277 e. The van der Waals surface area contributed by atoms with E-state index in [0.29, 0.717) is 6.54 Å². The van der Waals surface area contributed by atoms with Gasteiger partial charge in [0.25, 0.3) is 10.2 Å². The summed E-state index contributed by atoms with van der Waals surface area (Å²) in [6.07, 6.45) is 3.49. The van der Waals surface area contributed by atoms with Gasteiger partial charge in [-0.3, -0.25) is 0 Å². The molecule has 1 atom stereocenters. The molecule has 1 aliphatic rings. The molecule has 0 spiro atoms. The van der Waals surface area contributed by atoms with Gasteiger partial charge in [-0.2, -0.15) is 13.1 Å². The normalized spacial score (nSPS) is 19.1. The summed E-state index contributed by atoms with van der Waals surface area (Å²) < 4.78 is 27.7. The number of aliphatic hydroxyl groups excluding tert-OH is 1. The zero-order chi connectivity index (χ0) is 11.3. The average molecular weight is 236 g/mol. The van der Waals surface area contributed by atoms with Gasteiger partial charge in [-0.25, -0.2) is 4.72 Å². The Morgan fingerprint density at radius 2 is 2.13 bits per heavy atom. The van der Waals surface area contributed by atoms with Crippen LogP contribution in [0.2, 0.25) is 0 Å². The van der Waals surface area contributed by atoms with Crippen molar-refractivity contribution in [1.29, 1.82) is 0 Å². The second-order valence-corrected chi connectivity index (χ2v) is 5.75. The van der Waals surface area contributed by atoms with E-state index in [0.717, 1.165) is 25.7 Å². The largest absolute Gasteiger partial charge is 0.396 e. The molecule has 5 nitrogen and oxygen atoms in total. The zero-order valence-electron chi connectivity index (χ0n) is 9.07. The Hall–Kier alpha value is -0.170. The van der Waals surface area contributed by atoms with E-state index < -0.39 is 10.2 Å². The highest BCUT2D eigenvalue weighted by molar-refractivity contribution is 7.87. The molecular formula is C9H20N2O3S. The van der Waals surface area contributed by atoms with Gasteiger partial charge in [-0.05, 0) is 31.6 Å². The van der Waals surface area contributed by atoms with Crippen molar-refractivity contribution in [3.8, 4) is 0 Å². The summed E-state index contributed by atoms with van der Waals surface area (Å²) in [5, 5.41) is 8.77.